The summed E-state index contributed by atoms with van der Waals surface area (Å²) in [6.45, 7) is 12.1. The molecule has 0 amide bonds. The number of aromatic nitrogens is 1. The molecular formula is C20H29BrN4O2S. The van der Waals surface area contributed by atoms with E-state index in [1.54, 1.807) is 4.57 Å². The second-order valence-corrected chi connectivity index (χ2v) is 10.3. The minimum atomic E-state index is -0.546. The molecule has 2 heterocycles. The third kappa shape index (κ3) is 4.74. The molecule has 1 aromatic carbocycles. The van der Waals surface area contributed by atoms with Crippen LogP contribution in [0.3, 0.4) is 0 Å². The van der Waals surface area contributed by atoms with E-state index in [0.717, 1.165) is 60.2 Å². The lowest BCUT2D eigenvalue weighted by Gasteiger charge is -2.39. The van der Waals surface area contributed by atoms with E-state index in [-0.39, 0.29) is 10.4 Å². The van der Waals surface area contributed by atoms with Crippen molar-refractivity contribution >= 4 is 43.8 Å². The summed E-state index contributed by atoms with van der Waals surface area (Å²) in [6, 6.07) is 5.77. The fourth-order valence-electron chi connectivity index (χ4n) is 3.45. The summed E-state index contributed by atoms with van der Waals surface area (Å²) in [5.41, 5.74) is 0.982. The van der Waals surface area contributed by atoms with Gasteiger partial charge in [0.2, 0.25) is 0 Å². The Kier molecular flexibility index (Phi) is 6.76. The molecule has 0 radical (unpaired) electrons. The third-order valence-corrected chi connectivity index (χ3v) is 7.07. The van der Waals surface area contributed by atoms with Gasteiger partial charge in [-0.05, 0) is 46.0 Å². The predicted molar refractivity (Wildman–Crippen MR) is 119 cm³/mol. The standard InChI is InChI=1S/C20H29BrN4O2S/c1-20(2,3)22(4)7-8-23-9-11-24(12-10-23)18(14-26)25-16-13-15(21)5-6-17(16)28-19(25)27/h5-6,13-14,18H,7-12H2,1-4H3. The number of thiazole rings is 1. The molecule has 0 N–H and O–H groups in total. The fraction of sp³-hybridized carbons (Fsp3) is 0.600. The van der Waals surface area contributed by atoms with Gasteiger partial charge in [-0.1, -0.05) is 27.3 Å². The molecule has 2 aromatic rings. The number of hydrogen-bond acceptors (Lipinski definition) is 6. The Balaban J connectivity index is 1.68. The van der Waals surface area contributed by atoms with Crippen LogP contribution in [0.1, 0.15) is 26.9 Å². The van der Waals surface area contributed by atoms with Crippen molar-refractivity contribution in [2.45, 2.75) is 32.5 Å². The Morgan fingerprint density at radius 2 is 1.93 bits per heavy atom. The smallest absolute Gasteiger partial charge is 0.300 e. The molecule has 0 saturated carbocycles. The second kappa shape index (κ2) is 8.75. The summed E-state index contributed by atoms with van der Waals surface area (Å²) in [5.74, 6) is 0. The van der Waals surface area contributed by atoms with E-state index >= 15 is 0 Å². The van der Waals surface area contributed by atoms with Crippen LogP contribution in [0.25, 0.3) is 10.2 Å². The van der Waals surface area contributed by atoms with Crippen LogP contribution in [0.2, 0.25) is 0 Å². The van der Waals surface area contributed by atoms with Crippen molar-refractivity contribution in [3.8, 4) is 0 Å². The molecule has 0 bridgehead atoms. The Hall–Kier alpha value is -1.06. The number of hydrogen-bond donors (Lipinski definition) is 0. The number of nitrogens with zero attached hydrogens (tertiary/aromatic N) is 4. The Morgan fingerprint density at radius 1 is 1.25 bits per heavy atom. The van der Waals surface area contributed by atoms with Crippen molar-refractivity contribution in [1.82, 2.24) is 19.3 Å². The molecule has 1 aromatic heterocycles. The molecule has 8 heteroatoms. The van der Waals surface area contributed by atoms with Crippen LogP contribution >= 0.6 is 27.3 Å². The van der Waals surface area contributed by atoms with Crippen LogP contribution in [0, 0.1) is 0 Å². The zero-order valence-corrected chi connectivity index (χ0v) is 19.4. The molecule has 1 aliphatic rings. The number of likely N-dealkylation sites (N-methyl/N-ethyl adjacent to an activating group) is 1. The first kappa shape index (κ1) is 21.6. The predicted octanol–water partition coefficient (Wildman–Crippen LogP) is 2.87. The van der Waals surface area contributed by atoms with Crippen molar-refractivity contribution in [2.75, 3.05) is 46.3 Å². The quantitative estimate of drug-likeness (QED) is 0.609. The highest BCUT2D eigenvalue weighted by molar-refractivity contribution is 9.10. The molecule has 3 rings (SSSR count). The maximum atomic E-state index is 12.6. The lowest BCUT2D eigenvalue weighted by Crippen LogP contribution is -2.52. The van der Waals surface area contributed by atoms with Crippen LogP contribution in [-0.2, 0) is 4.79 Å². The molecule has 28 heavy (non-hydrogen) atoms. The van der Waals surface area contributed by atoms with E-state index in [4.69, 9.17) is 0 Å². The lowest BCUT2D eigenvalue weighted by molar-refractivity contribution is -0.116. The van der Waals surface area contributed by atoms with Crippen LogP contribution in [-0.4, -0.2) is 77.4 Å². The lowest BCUT2D eigenvalue weighted by atomic mass is 10.1. The average molecular weight is 469 g/mol. The van der Waals surface area contributed by atoms with Gasteiger partial charge in [-0.25, -0.2) is 0 Å². The van der Waals surface area contributed by atoms with E-state index in [0.29, 0.717) is 0 Å². The van der Waals surface area contributed by atoms with Gasteiger partial charge >= 0.3 is 4.87 Å². The van der Waals surface area contributed by atoms with Gasteiger partial charge in [0.05, 0.1) is 10.2 Å². The number of piperazine rings is 1. The van der Waals surface area contributed by atoms with Crippen molar-refractivity contribution in [3.63, 3.8) is 0 Å². The first-order valence-electron chi connectivity index (χ1n) is 9.64. The number of rotatable bonds is 6. The number of fused-ring (bicyclic) bond motifs is 1. The molecule has 1 atom stereocenters. The minimum absolute atomic E-state index is 0.0839. The highest BCUT2D eigenvalue weighted by Crippen LogP contribution is 2.25. The van der Waals surface area contributed by atoms with Crippen LogP contribution in [0.15, 0.2) is 27.5 Å². The van der Waals surface area contributed by atoms with Gasteiger partial charge in [0, 0.05) is 49.3 Å². The number of benzene rings is 1. The Bertz CT molecular complexity index is 880. The van der Waals surface area contributed by atoms with Gasteiger partial charge in [0.1, 0.15) is 6.17 Å². The summed E-state index contributed by atoms with van der Waals surface area (Å²) < 4.78 is 3.45. The van der Waals surface area contributed by atoms with Crippen LogP contribution in [0.4, 0.5) is 0 Å². The molecule has 1 unspecified atom stereocenters. The van der Waals surface area contributed by atoms with E-state index in [2.05, 4.69) is 58.4 Å². The monoisotopic (exact) mass is 468 g/mol. The van der Waals surface area contributed by atoms with Crippen molar-refractivity contribution < 1.29 is 4.79 Å². The maximum Gasteiger partial charge on any atom is 0.309 e. The van der Waals surface area contributed by atoms with Crippen LogP contribution < -0.4 is 4.87 Å². The third-order valence-electron chi connectivity index (χ3n) is 5.64. The van der Waals surface area contributed by atoms with E-state index in [1.165, 1.54) is 11.3 Å². The van der Waals surface area contributed by atoms with Crippen molar-refractivity contribution in [1.29, 1.82) is 0 Å². The molecule has 0 aliphatic carbocycles. The number of halogens is 1. The highest BCUT2D eigenvalue weighted by atomic mass is 79.9. The summed E-state index contributed by atoms with van der Waals surface area (Å²) in [7, 11) is 2.16. The number of aldehydes is 1. The van der Waals surface area contributed by atoms with Crippen molar-refractivity contribution in [2.24, 2.45) is 0 Å². The molecular weight excluding hydrogens is 440 g/mol. The molecule has 6 nitrogen and oxygen atoms in total. The van der Waals surface area contributed by atoms with Crippen LogP contribution in [0.5, 0.6) is 0 Å². The summed E-state index contributed by atoms with van der Waals surface area (Å²) in [4.78, 5) is 31.4. The highest BCUT2D eigenvalue weighted by Gasteiger charge is 2.28. The Labute approximate surface area is 178 Å². The first-order valence-corrected chi connectivity index (χ1v) is 11.2. The zero-order chi connectivity index (χ0) is 20.5. The summed E-state index contributed by atoms with van der Waals surface area (Å²) in [6.07, 6.45) is 0.354. The average Bonchev–Trinajstić information content (AvgIpc) is 2.96. The summed E-state index contributed by atoms with van der Waals surface area (Å²) in [5, 5.41) is 0. The SMILES string of the molecule is CN(CCN1CCN(C(C=O)n2c(=O)sc3ccc(Br)cc32)CC1)C(C)(C)C. The van der Waals surface area contributed by atoms with Gasteiger partial charge in [-0.3, -0.25) is 24.0 Å². The van der Waals surface area contributed by atoms with Gasteiger partial charge in [-0.2, -0.15) is 0 Å². The zero-order valence-electron chi connectivity index (χ0n) is 17.0. The van der Waals surface area contributed by atoms with Gasteiger partial charge in [0.15, 0.2) is 6.29 Å². The normalized spacial score (nSPS) is 18.1. The number of carbonyl (C=O) groups excluding carboxylic acids is 1. The fourth-order valence-corrected chi connectivity index (χ4v) is 4.69. The second-order valence-electron chi connectivity index (χ2n) is 8.37. The molecule has 1 fully saturated rings. The first-order chi connectivity index (χ1) is 13.2. The topological polar surface area (TPSA) is 48.8 Å². The van der Waals surface area contributed by atoms with E-state index < -0.39 is 6.17 Å². The molecule has 0 spiro atoms. The summed E-state index contributed by atoms with van der Waals surface area (Å²) >= 11 is 4.66. The molecule has 1 saturated heterocycles. The van der Waals surface area contributed by atoms with E-state index in [1.807, 2.05) is 18.2 Å². The molecule has 154 valence electrons. The number of carbonyl (C=O) groups is 1. The van der Waals surface area contributed by atoms with Crippen molar-refractivity contribution in [3.05, 3.63) is 32.3 Å². The minimum Gasteiger partial charge on any atom is -0.300 e. The Morgan fingerprint density at radius 3 is 2.54 bits per heavy atom. The van der Waals surface area contributed by atoms with Gasteiger partial charge < -0.3 is 4.90 Å². The largest absolute Gasteiger partial charge is 0.309 e. The maximum absolute atomic E-state index is 12.6. The molecule has 1 aliphatic heterocycles. The van der Waals surface area contributed by atoms with Gasteiger partial charge in [-0.15, -0.1) is 0 Å². The van der Waals surface area contributed by atoms with Gasteiger partial charge in [0.25, 0.3) is 0 Å². The van der Waals surface area contributed by atoms with E-state index in [9.17, 15) is 9.59 Å².